The maximum atomic E-state index is 10.0. The molecule has 98 valence electrons. The van der Waals surface area contributed by atoms with Crippen LogP contribution in [0.15, 0.2) is 24.3 Å². The van der Waals surface area contributed by atoms with Crippen molar-refractivity contribution in [3.63, 3.8) is 0 Å². The third-order valence-electron chi connectivity index (χ3n) is 3.27. The first kappa shape index (κ1) is 13.1. The summed E-state index contributed by atoms with van der Waals surface area (Å²) in [4.78, 5) is 0. The van der Waals surface area contributed by atoms with Crippen LogP contribution in [0, 0.1) is 0 Å². The van der Waals surface area contributed by atoms with Crippen LogP contribution in [0.4, 0.5) is 0 Å². The molecule has 2 rings (SSSR count). The zero-order chi connectivity index (χ0) is 13.1. The van der Waals surface area contributed by atoms with E-state index in [1.165, 1.54) is 0 Å². The molecule has 4 heteroatoms. The molecule has 0 saturated carbocycles. The summed E-state index contributed by atoms with van der Waals surface area (Å²) in [5.74, 6) is 0. The van der Waals surface area contributed by atoms with Gasteiger partial charge in [-0.2, -0.15) is 5.10 Å². The van der Waals surface area contributed by atoms with Crippen molar-refractivity contribution in [1.29, 1.82) is 0 Å². The van der Waals surface area contributed by atoms with Crippen LogP contribution in [-0.4, -0.2) is 34.2 Å². The highest BCUT2D eigenvalue weighted by Gasteiger charge is 2.15. The molecule has 0 aliphatic heterocycles. The van der Waals surface area contributed by atoms with Crippen molar-refractivity contribution < 1.29 is 9.84 Å². The molecular formula is C14H20N2O2. The fraction of sp³-hybridized carbons (Fsp3) is 0.500. The maximum absolute atomic E-state index is 10.0. The second kappa shape index (κ2) is 5.50. The summed E-state index contributed by atoms with van der Waals surface area (Å²) >= 11 is 0. The fourth-order valence-electron chi connectivity index (χ4n) is 2.23. The molecule has 1 heterocycles. The van der Waals surface area contributed by atoms with Crippen LogP contribution in [0.2, 0.25) is 0 Å². The summed E-state index contributed by atoms with van der Waals surface area (Å²) in [5, 5.41) is 15.6. The number of aryl methyl sites for hydroxylation is 1. The Morgan fingerprint density at radius 3 is 2.83 bits per heavy atom. The Kier molecular flexibility index (Phi) is 3.99. The Bertz CT molecular complexity index is 521. The number of benzene rings is 1. The number of rotatable bonds is 5. The van der Waals surface area contributed by atoms with Crippen molar-refractivity contribution >= 4 is 10.9 Å². The lowest BCUT2D eigenvalue weighted by Gasteiger charge is -2.14. The van der Waals surface area contributed by atoms with Gasteiger partial charge in [-0.1, -0.05) is 18.2 Å². The number of fused-ring (bicyclic) bond motifs is 1. The number of hydrogen-bond acceptors (Lipinski definition) is 3. The van der Waals surface area contributed by atoms with E-state index in [0.717, 1.165) is 16.6 Å². The van der Waals surface area contributed by atoms with Crippen molar-refractivity contribution in [2.75, 3.05) is 7.11 Å². The summed E-state index contributed by atoms with van der Waals surface area (Å²) in [6.45, 7) is 1.96. The van der Waals surface area contributed by atoms with Gasteiger partial charge in [0.2, 0.25) is 0 Å². The number of aliphatic hydroxyl groups is 1. The van der Waals surface area contributed by atoms with E-state index in [4.69, 9.17) is 4.74 Å². The Balaban J connectivity index is 2.17. The van der Waals surface area contributed by atoms with Gasteiger partial charge in [0, 0.05) is 26.0 Å². The molecule has 2 aromatic rings. The predicted octanol–water partition coefficient (Wildman–Crippen LogP) is 1.90. The minimum Gasteiger partial charge on any atom is -0.393 e. The first-order valence-corrected chi connectivity index (χ1v) is 6.23. The van der Waals surface area contributed by atoms with Crippen LogP contribution in [0.5, 0.6) is 0 Å². The Hall–Kier alpha value is -1.39. The molecule has 2 atom stereocenters. The van der Waals surface area contributed by atoms with E-state index < -0.39 is 6.10 Å². The smallest absolute Gasteiger partial charge is 0.0728 e. The van der Waals surface area contributed by atoms with Crippen LogP contribution in [0.1, 0.15) is 19.0 Å². The molecule has 0 saturated heterocycles. The van der Waals surface area contributed by atoms with E-state index >= 15 is 0 Å². The summed E-state index contributed by atoms with van der Waals surface area (Å²) in [6, 6.07) is 8.08. The summed E-state index contributed by atoms with van der Waals surface area (Å²) in [5.41, 5.74) is 2.04. The summed E-state index contributed by atoms with van der Waals surface area (Å²) in [7, 11) is 3.59. The minimum absolute atomic E-state index is 0.0648. The molecule has 1 aromatic carbocycles. The third kappa shape index (κ3) is 2.71. The van der Waals surface area contributed by atoms with Gasteiger partial charge < -0.3 is 9.84 Å². The van der Waals surface area contributed by atoms with Crippen molar-refractivity contribution in [2.24, 2.45) is 7.05 Å². The largest absolute Gasteiger partial charge is 0.393 e. The molecule has 0 radical (unpaired) electrons. The Morgan fingerprint density at radius 1 is 1.39 bits per heavy atom. The fourth-order valence-corrected chi connectivity index (χ4v) is 2.23. The van der Waals surface area contributed by atoms with Gasteiger partial charge >= 0.3 is 0 Å². The van der Waals surface area contributed by atoms with Gasteiger partial charge in [0.15, 0.2) is 0 Å². The molecule has 1 aromatic heterocycles. The number of aliphatic hydroxyl groups excluding tert-OH is 1. The predicted molar refractivity (Wildman–Crippen MR) is 71.5 cm³/mol. The Labute approximate surface area is 107 Å². The van der Waals surface area contributed by atoms with E-state index in [1.54, 1.807) is 7.11 Å². The van der Waals surface area contributed by atoms with Crippen molar-refractivity contribution in [3.05, 3.63) is 30.0 Å². The van der Waals surface area contributed by atoms with Gasteiger partial charge in [0.25, 0.3) is 0 Å². The number of ether oxygens (including phenoxy) is 1. The first-order valence-electron chi connectivity index (χ1n) is 6.23. The topological polar surface area (TPSA) is 47.3 Å². The van der Waals surface area contributed by atoms with E-state index in [9.17, 15) is 5.11 Å². The van der Waals surface area contributed by atoms with Crippen molar-refractivity contribution in [3.8, 4) is 0 Å². The highest BCUT2D eigenvalue weighted by atomic mass is 16.5. The van der Waals surface area contributed by atoms with Gasteiger partial charge in [0.05, 0.1) is 23.4 Å². The zero-order valence-corrected chi connectivity index (χ0v) is 11.1. The van der Waals surface area contributed by atoms with E-state index in [0.29, 0.717) is 12.8 Å². The Morgan fingerprint density at radius 2 is 2.11 bits per heavy atom. The molecule has 0 fully saturated rings. The first-order chi connectivity index (χ1) is 8.61. The number of methoxy groups -OCH3 is 1. The minimum atomic E-state index is -0.418. The molecular weight excluding hydrogens is 228 g/mol. The second-order valence-electron chi connectivity index (χ2n) is 4.73. The monoisotopic (exact) mass is 248 g/mol. The number of aromatic nitrogens is 2. The molecule has 0 aliphatic carbocycles. The van der Waals surface area contributed by atoms with Crippen LogP contribution in [0.25, 0.3) is 10.9 Å². The second-order valence-corrected chi connectivity index (χ2v) is 4.73. The lowest BCUT2D eigenvalue weighted by molar-refractivity contribution is 0.0562. The lowest BCUT2D eigenvalue weighted by atomic mass is 10.1. The zero-order valence-electron chi connectivity index (χ0n) is 11.1. The van der Waals surface area contributed by atoms with Gasteiger partial charge in [-0.3, -0.25) is 4.68 Å². The molecule has 0 spiro atoms. The van der Waals surface area contributed by atoms with Gasteiger partial charge in [-0.05, 0) is 19.4 Å². The molecule has 0 bridgehead atoms. The van der Waals surface area contributed by atoms with Gasteiger partial charge in [-0.15, -0.1) is 0 Å². The van der Waals surface area contributed by atoms with Crippen LogP contribution in [0.3, 0.4) is 0 Å². The van der Waals surface area contributed by atoms with Crippen molar-refractivity contribution in [1.82, 2.24) is 9.78 Å². The summed E-state index contributed by atoms with van der Waals surface area (Å²) in [6.07, 6.45) is 0.837. The number of nitrogens with zero attached hydrogens (tertiary/aromatic N) is 2. The average molecular weight is 248 g/mol. The van der Waals surface area contributed by atoms with E-state index in [-0.39, 0.29) is 6.10 Å². The van der Waals surface area contributed by atoms with Gasteiger partial charge in [-0.25, -0.2) is 0 Å². The highest BCUT2D eigenvalue weighted by Crippen LogP contribution is 2.19. The SMILES string of the molecule is COC(C)CC(O)Cc1nn(C)c2ccccc12. The molecule has 2 unspecified atom stereocenters. The maximum Gasteiger partial charge on any atom is 0.0728 e. The van der Waals surface area contributed by atoms with Gasteiger partial charge in [0.1, 0.15) is 0 Å². The number of para-hydroxylation sites is 1. The van der Waals surface area contributed by atoms with Crippen LogP contribution in [-0.2, 0) is 18.2 Å². The normalized spacial score (nSPS) is 14.9. The molecule has 1 N–H and O–H groups in total. The number of hydrogen-bond donors (Lipinski definition) is 1. The lowest BCUT2D eigenvalue weighted by Crippen LogP contribution is -2.19. The standard InChI is InChI=1S/C14H20N2O2/c1-10(18-3)8-11(17)9-13-12-6-4-5-7-14(12)16(2)15-13/h4-7,10-11,17H,8-9H2,1-3H3. The third-order valence-corrected chi connectivity index (χ3v) is 3.27. The molecule has 4 nitrogen and oxygen atoms in total. The van der Waals surface area contributed by atoms with E-state index in [1.807, 2.05) is 42.9 Å². The quantitative estimate of drug-likeness (QED) is 0.879. The molecule has 18 heavy (non-hydrogen) atoms. The van der Waals surface area contributed by atoms with E-state index in [2.05, 4.69) is 5.10 Å². The van der Waals surface area contributed by atoms with Crippen LogP contribution < -0.4 is 0 Å². The summed E-state index contributed by atoms with van der Waals surface area (Å²) < 4.78 is 7.02. The van der Waals surface area contributed by atoms with Crippen molar-refractivity contribution in [2.45, 2.75) is 32.0 Å². The molecule has 0 aliphatic rings. The highest BCUT2D eigenvalue weighted by molar-refractivity contribution is 5.81. The van der Waals surface area contributed by atoms with Crippen LogP contribution >= 0.6 is 0 Å². The average Bonchev–Trinajstić information content (AvgIpc) is 2.67. The molecule has 0 amide bonds.